The molecule has 6 nitrogen and oxygen atoms in total. The highest BCUT2D eigenvalue weighted by atomic mass is 16.5. The third-order valence-corrected chi connectivity index (χ3v) is 5.05. The summed E-state index contributed by atoms with van der Waals surface area (Å²) in [5.41, 5.74) is 5.65. The molecule has 0 fully saturated rings. The molecule has 0 aliphatic carbocycles. The summed E-state index contributed by atoms with van der Waals surface area (Å²) in [6.07, 6.45) is 0.605. The monoisotopic (exact) mass is 378 g/mol. The number of methoxy groups -OCH3 is 3. The fraction of sp³-hybridized carbons (Fsp3) is 0.227. The van der Waals surface area contributed by atoms with E-state index in [1.165, 1.54) is 0 Å². The van der Waals surface area contributed by atoms with Crippen LogP contribution in [0.25, 0.3) is 10.8 Å². The van der Waals surface area contributed by atoms with Crippen molar-refractivity contribution in [3.63, 3.8) is 0 Å². The Morgan fingerprint density at radius 3 is 2.54 bits per heavy atom. The van der Waals surface area contributed by atoms with Crippen LogP contribution in [0.3, 0.4) is 0 Å². The van der Waals surface area contributed by atoms with E-state index in [1.807, 2.05) is 36.4 Å². The highest BCUT2D eigenvalue weighted by Gasteiger charge is 2.29. The Morgan fingerprint density at radius 2 is 1.82 bits per heavy atom. The van der Waals surface area contributed by atoms with Gasteiger partial charge in [-0.1, -0.05) is 24.3 Å². The van der Waals surface area contributed by atoms with Crippen molar-refractivity contribution in [2.24, 2.45) is 5.10 Å². The molecule has 0 saturated carbocycles. The van der Waals surface area contributed by atoms with Gasteiger partial charge in [0.1, 0.15) is 11.5 Å². The molecule has 4 rings (SSSR count). The maximum Gasteiger partial charge on any atom is 0.166 e. The molecule has 0 aromatic heterocycles. The van der Waals surface area contributed by atoms with Gasteiger partial charge in [-0.05, 0) is 29.0 Å². The first-order valence-corrected chi connectivity index (χ1v) is 8.99. The summed E-state index contributed by atoms with van der Waals surface area (Å²) < 4.78 is 16.4. The molecule has 1 unspecified atom stereocenters. The van der Waals surface area contributed by atoms with Crippen molar-refractivity contribution in [2.45, 2.75) is 12.5 Å². The molecule has 0 radical (unpaired) electrons. The standard InChI is InChI=1S/C22H22N2O4/c1-26-14-8-9-16(19(25)11-14)17-12-18(24-23-17)21-15-7-5-4-6-13(15)10-20(27-2)22(21)28-3/h4-11,18,24-25H,12H2,1-3H3. The van der Waals surface area contributed by atoms with Crippen molar-refractivity contribution in [3.05, 3.63) is 59.7 Å². The van der Waals surface area contributed by atoms with E-state index in [0.29, 0.717) is 29.2 Å². The zero-order valence-corrected chi connectivity index (χ0v) is 16.0. The topological polar surface area (TPSA) is 72.3 Å². The average Bonchev–Trinajstić information content (AvgIpc) is 3.21. The van der Waals surface area contributed by atoms with Gasteiger partial charge in [0.2, 0.25) is 0 Å². The number of aromatic hydroxyl groups is 1. The summed E-state index contributed by atoms with van der Waals surface area (Å²) in [6.45, 7) is 0. The molecule has 3 aromatic carbocycles. The highest BCUT2D eigenvalue weighted by Crippen LogP contribution is 2.43. The van der Waals surface area contributed by atoms with Gasteiger partial charge in [0.15, 0.2) is 11.5 Å². The first-order chi connectivity index (χ1) is 13.7. The van der Waals surface area contributed by atoms with Crippen molar-refractivity contribution in [2.75, 3.05) is 21.3 Å². The molecule has 28 heavy (non-hydrogen) atoms. The number of nitrogens with one attached hydrogen (secondary N) is 1. The molecular weight excluding hydrogens is 356 g/mol. The minimum atomic E-state index is -0.105. The second-order valence-corrected chi connectivity index (χ2v) is 6.57. The van der Waals surface area contributed by atoms with E-state index in [9.17, 15) is 5.11 Å². The zero-order valence-electron chi connectivity index (χ0n) is 16.0. The Morgan fingerprint density at radius 1 is 1.00 bits per heavy atom. The SMILES string of the molecule is COc1ccc(C2=NNC(c3c(OC)c(OC)cc4ccccc34)C2)c(O)c1. The van der Waals surface area contributed by atoms with Gasteiger partial charge in [-0.2, -0.15) is 5.10 Å². The number of phenols is 1. The van der Waals surface area contributed by atoms with Crippen LogP contribution in [0.15, 0.2) is 53.6 Å². The Hall–Kier alpha value is -3.41. The molecular formula is C22H22N2O4. The zero-order chi connectivity index (χ0) is 19.7. The van der Waals surface area contributed by atoms with E-state index in [1.54, 1.807) is 27.4 Å². The number of fused-ring (bicyclic) bond motifs is 1. The fourth-order valence-electron chi connectivity index (χ4n) is 3.70. The van der Waals surface area contributed by atoms with Crippen LogP contribution >= 0.6 is 0 Å². The van der Waals surface area contributed by atoms with E-state index in [0.717, 1.165) is 22.0 Å². The lowest BCUT2D eigenvalue weighted by molar-refractivity contribution is 0.349. The molecule has 0 spiro atoms. The lowest BCUT2D eigenvalue weighted by Crippen LogP contribution is -2.12. The number of nitrogens with zero attached hydrogens (tertiary/aromatic N) is 1. The van der Waals surface area contributed by atoms with Gasteiger partial charge >= 0.3 is 0 Å². The number of benzene rings is 3. The number of rotatable bonds is 5. The van der Waals surface area contributed by atoms with Gasteiger partial charge in [-0.3, -0.25) is 0 Å². The van der Waals surface area contributed by atoms with E-state index >= 15 is 0 Å². The lowest BCUT2D eigenvalue weighted by Gasteiger charge is -2.20. The Kier molecular flexibility index (Phi) is 4.69. The number of hydrogen-bond donors (Lipinski definition) is 2. The van der Waals surface area contributed by atoms with E-state index in [-0.39, 0.29) is 11.8 Å². The van der Waals surface area contributed by atoms with Crippen LogP contribution in [-0.4, -0.2) is 32.1 Å². The van der Waals surface area contributed by atoms with Gasteiger partial charge in [0.05, 0.1) is 33.1 Å². The van der Waals surface area contributed by atoms with Crippen LogP contribution in [0.2, 0.25) is 0 Å². The molecule has 0 amide bonds. The van der Waals surface area contributed by atoms with Gasteiger partial charge in [-0.15, -0.1) is 0 Å². The molecule has 0 saturated heterocycles. The highest BCUT2D eigenvalue weighted by molar-refractivity contribution is 6.04. The third-order valence-electron chi connectivity index (χ3n) is 5.05. The Balaban J connectivity index is 1.75. The van der Waals surface area contributed by atoms with Crippen LogP contribution in [0.1, 0.15) is 23.6 Å². The summed E-state index contributed by atoms with van der Waals surface area (Å²) in [6, 6.07) is 15.2. The Labute approximate surface area is 163 Å². The predicted octanol–water partition coefficient (Wildman–Crippen LogP) is 4.01. The summed E-state index contributed by atoms with van der Waals surface area (Å²) >= 11 is 0. The van der Waals surface area contributed by atoms with Crippen molar-refractivity contribution in [1.82, 2.24) is 5.43 Å². The fourth-order valence-corrected chi connectivity index (χ4v) is 3.70. The van der Waals surface area contributed by atoms with Crippen LogP contribution < -0.4 is 19.6 Å². The van der Waals surface area contributed by atoms with Crippen LogP contribution in [-0.2, 0) is 0 Å². The second kappa shape index (κ2) is 7.31. The molecule has 144 valence electrons. The first kappa shape index (κ1) is 18.0. The van der Waals surface area contributed by atoms with E-state index < -0.39 is 0 Å². The van der Waals surface area contributed by atoms with Crippen LogP contribution in [0.5, 0.6) is 23.0 Å². The molecule has 3 aromatic rings. The predicted molar refractivity (Wildman–Crippen MR) is 109 cm³/mol. The van der Waals surface area contributed by atoms with Crippen molar-refractivity contribution in [3.8, 4) is 23.0 Å². The summed E-state index contributed by atoms with van der Waals surface area (Å²) in [5.74, 6) is 2.11. The summed E-state index contributed by atoms with van der Waals surface area (Å²) in [4.78, 5) is 0. The number of phenolic OH excluding ortho intramolecular Hbond substituents is 1. The summed E-state index contributed by atoms with van der Waals surface area (Å²) in [5, 5.41) is 17.0. The summed E-state index contributed by atoms with van der Waals surface area (Å²) in [7, 11) is 4.84. The number of hydrazone groups is 1. The van der Waals surface area contributed by atoms with Crippen molar-refractivity contribution in [1.29, 1.82) is 0 Å². The van der Waals surface area contributed by atoms with Crippen LogP contribution in [0, 0.1) is 0 Å². The maximum absolute atomic E-state index is 10.4. The lowest BCUT2D eigenvalue weighted by atomic mass is 9.93. The smallest absolute Gasteiger partial charge is 0.166 e. The van der Waals surface area contributed by atoms with Crippen molar-refractivity contribution >= 4 is 16.5 Å². The number of hydrogen-bond acceptors (Lipinski definition) is 6. The van der Waals surface area contributed by atoms with Gasteiger partial charge in [-0.25, -0.2) is 0 Å². The Bertz CT molecular complexity index is 1060. The average molecular weight is 378 g/mol. The first-order valence-electron chi connectivity index (χ1n) is 8.99. The molecule has 1 aliphatic heterocycles. The minimum Gasteiger partial charge on any atom is -0.507 e. The minimum absolute atomic E-state index is 0.105. The van der Waals surface area contributed by atoms with Gasteiger partial charge in [0.25, 0.3) is 0 Å². The normalized spacial score (nSPS) is 15.8. The largest absolute Gasteiger partial charge is 0.507 e. The van der Waals surface area contributed by atoms with Gasteiger partial charge < -0.3 is 24.7 Å². The maximum atomic E-state index is 10.4. The van der Waals surface area contributed by atoms with E-state index in [2.05, 4.69) is 16.6 Å². The molecule has 1 aliphatic rings. The quantitative estimate of drug-likeness (QED) is 0.702. The van der Waals surface area contributed by atoms with Gasteiger partial charge in [0, 0.05) is 23.6 Å². The van der Waals surface area contributed by atoms with E-state index in [4.69, 9.17) is 14.2 Å². The third kappa shape index (κ3) is 2.97. The molecule has 2 N–H and O–H groups in total. The molecule has 1 heterocycles. The van der Waals surface area contributed by atoms with Crippen LogP contribution in [0.4, 0.5) is 0 Å². The number of ether oxygens (including phenoxy) is 3. The molecule has 6 heteroatoms. The second-order valence-electron chi connectivity index (χ2n) is 6.57. The molecule has 0 bridgehead atoms. The van der Waals surface area contributed by atoms with Crippen molar-refractivity contribution < 1.29 is 19.3 Å². The molecule has 1 atom stereocenters.